The van der Waals surface area contributed by atoms with Crippen molar-refractivity contribution in [3.05, 3.63) is 35.9 Å². The normalized spacial score (nSPS) is 30.7. The highest BCUT2D eigenvalue weighted by atomic mass is 16.5. The monoisotopic (exact) mass is 314 g/mol. The van der Waals surface area contributed by atoms with E-state index in [4.69, 9.17) is 4.74 Å². The van der Waals surface area contributed by atoms with Gasteiger partial charge < -0.3 is 10.1 Å². The topological polar surface area (TPSA) is 41.6 Å². The Labute approximate surface area is 138 Å². The third-order valence-electron chi connectivity index (χ3n) is 5.99. The minimum atomic E-state index is -0.261. The molecule has 1 N–H and O–H groups in total. The van der Waals surface area contributed by atoms with Gasteiger partial charge in [-0.1, -0.05) is 36.8 Å². The van der Waals surface area contributed by atoms with Crippen molar-refractivity contribution in [1.29, 1.82) is 0 Å². The standard InChI is InChI=1S/C19H26N2O2/c22-18(23-13-15-5-2-1-3-6-15)20-19-11-9-17(10-12-19)21(14-19)16-7-4-8-16/h1-3,5-6,16-17H,4,7-14H2,(H,20,22). The van der Waals surface area contributed by atoms with Gasteiger partial charge in [0.05, 0.1) is 5.54 Å². The van der Waals surface area contributed by atoms with Gasteiger partial charge in [-0.05, 0) is 44.1 Å². The summed E-state index contributed by atoms with van der Waals surface area (Å²) in [6.45, 7) is 1.36. The molecule has 0 spiro atoms. The fourth-order valence-corrected chi connectivity index (χ4v) is 4.41. The second-order valence-corrected chi connectivity index (χ2v) is 7.46. The predicted molar refractivity (Wildman–Crippen MR) is 89.1 cm³/mol. The number of alkyl carbamates (subject to hydrolysis) is 1. The fourth-order valence-electron chi connectivity index (χ4n) is 4.41. The van der Waals surface area contributed by atoms with E-state index in [1.807, 2.05) is 30.3 Å². The van der Waals surface area contributed by atoms with Crippen molar-refractivity contribution >= 4 is 6.09 Å². The maximum absolute atomic E-state index is 12.3. The quantitative estimate of drug-likeness (QED) is 0.925. The number of ether oxygens (including phenoxy) is 1. The van der Waals surface area contributed by atoms with E-state index in [0.717, 1.165) is 37.0 Å². The Balaban J connectivity index is 1.34. The number of hydrogen-bond acceptors (Lipinski definition) is 3. The number of carbonyl (C=O) groups excluding carboxylic acids is 1. The maximum Gasteiger partial charge on any atom is 0.407 e. The van der Waals surface area contributed by atoms with E-state index in [9.17, 15) is 4.79 Å². The Bertz CT molecular complexity index is 548. The van der Waals surface area contributed by atoms with Crippen LogP contribution in [0.3, 0.4) is 0 Å². The summed E-state index contributed by atoms with van der Waals surface area (Å²) >= 11 is 0. The molecule has 1 aromatic rings. The first kappa shape index (κ1) is 15.0. The van der Waals surface area contributed by atoms with Crippen LogP contribution in [-0.2, 0) is 11.3 Å². The summed E-state index contributed by atoms with van der Waals surface area (Å²) in [6, 6.07) is 11.4. The van der Waals surface area contributed by atoms with E-state index in [2.05, 4.69) is 10.2 Å². The van der Waals surface area contributed by atoms with Crippen molar-refractivity contribution in [2.24, 2.45) is 0 Å². The van der Waals surface area contributed by atoms with Crippen molar-refractivity contribution < 1.29 is 9.53 Å². The number of nitrogens with one attached hydrogen (secondary N) is 1. The number of amides is 1. The number of benzene rings is 1. The summed E-state index contributed by atoms with van der Waals surface area (Å²) in [7, 11) is 0. The van der Waals surface area contributed by atoms with E-state index < -0.39 is 0 Å². The number of fused-ring (bicyclic) bond motifs is 3. The highest BCUT2D eigenvalue weighted by Crippen LogP contribution is 2.42. The Morgan fingerprint density at radius 1 is 1.13 bits per heavy atom. The van der Waals surface area contributed by atoms with Crippen molar-refractivity contribution in [2.45, 2.75) is 69.2 Å². The Morgan fingerprint density at radius 2 is 1.83 bits per heavy atom. The molecule has 2 aliphatic heterocycles. The summed E-state index contributed by atoms with van der Waals surface area (Å²) in [5, 5.41) is 3.22. The van der Waals surface area contributed by atoms with Crippen LogP contribution >= 0.6 is 0 Å². The Kier molecular flexibility index (Phi) is 4.02. The summed E-state index contributed by atoms with van der Waals surface area (Å²) in [5.41, 5.74) is 0.974. The molecule has 1 amide bonds. The molecule has 4 fully saturated rings. The van der Waals surface area contributed by atoms with E-state index in [-0.39, 0.29) is 11.6 Å². The molecule has 2 aliphatic carbocycles. The SMILES string of the molecule is O=C(NC12CCC(CC1)N(C1CCC1)C2)OCc1ccccc1. The molecule has 0 unspecified atom stereocenters. The van der Waals surface area contributed by atoms with Gasteiger partial charge in [0, 0.05) is 18.6 Å². The molecular formula is C19H26N2O2. The first-order chi connectivity index (χ1) is 11.2. The zero-order valence-corrected chi connectivity index (χ0v) is 13.7. The number of piperidine rings is 2. The van der Waals surface area contributed by atoms with Crippen LogP contribution in [-0.4, -0.2) is 35.2 Å². The summed E-state index contributed by atoms with van der Waals surface area (Å²) in [5.74, 6) is 0. The number of nitrogens with zero attached hydrogens (tertiary/aromatic N) is 1. The maximum atomic E-state index is 12.3. The third kappa shape index (κ3) is 3.09. The summed E-state index contributed by atoms with van der Waals surface area (Å²) < 4.78 is 5.44. The molecule has 5 rings (SSSR count). The molecule has 4 heteroatoms. The Morgan fingerprint density at radius 3 is 2.48 bits per heavy atom. The van der Waals surface area contributed by atoms with Gasteiger partial charge in [-0.15, -0.1) is 0 Å². The van der Waals surface area contributed by atoms with Crippen molar-refractivity contribution in [1.82, 2.24) is 10.2 Å². The molecule has 0 radical (unpaired) electrons. The molecule has 124 valence electrons. The van der Waals surface area contributed by atoms with Gasteiger partial charge in [0.2, 0.25) is 0 Å². The molecular weight excluding hydrogens is 288 g/mol. The van der Waals surface area contributed by atoms with Crippen LogP contribution in [0.5, 0.6) is 0 Å². The average molecular weight is 314 g/mol. The van der Waals surface area contributed by atoms with Gasteiger partial charge in [-0.2, -0.15) is 0 Å². The Hall–Kier alpha value is -1.55. The molecule has 2 saturated carbocycles. The molecule has 0 aromatic heterocycles. The van der Waals surface area contributed by atoms with Crippen LogP contribution in [0.1, 0.15) is 50.5 Å². The minimum absolute atomic E-state index is 0.0574. The number of carbonyl (C=O) groups is 1. The van der Waals surface area contributed by atoms with Gasteiger partial charge >= 0.3 is 6.09 Å². The second-order valence-electron chi connectivity index (χ2n) is 7.46. The number of hydrogen-bond donors (Lipinski definition) is 1. The van der Waals surface area contributed by atoms with Crippen LogP contribution < -0.4 is 5.32 Å². The van der Waals surface area contributed by atoms with E-state index in [0.29, 0.717) is 6.61 Å². The molecule has 23 heavy (non-hydrogen) atoms. The van der Waals surface area contributed by atoms with Crippen LogP contribution in [0.25, 0.3) is 0 Å². The zero-order chi connectivity index (χ0) is 15.7. The lowest BCUT2D eigenvalue weighted by atomic mass is 9.71. The van der Waals surface area contributed by atoms with Crippen LogP contribution in [0.4, 0.5) is 4.79 Å². The predicted octanol–water partition coefficient (Wildman–Crippen LogP) is 3.46. The smallest absolute Gasteiger partial charge is 0.407 e. The summed E-state index contributed by atoms with van der Waals surface area (Å²) in [4.78, 5) is 14.9. The van der Waals surface area contributed by atoms with Crippen molar-refractivity contribution in [2.75, 3.05) is 6.54 Å². The first-order valence-electron chi connectivity index (χ1n) is 8.99. The number of rotatable bonds is 4. The van der Waals surface area contributed by atoms with Gasteiger partial charge in [-0.3, -0.25) is 4.90 Å². The molecule has 1 aromatic carbocycles. The molecule has 4 aliphatic rings. The van der Waals surface area contributed by atoms with E-state index >= 15 is 0 Å². The highest BCUT2D eigenvalue weighted by molar-refractivity contribution is 5.68. The second kappa shape index (κ2) is 6.16. The van der Waals surface area contributed by atoms with Gasteiger partial charge in [-0.25, -0.2) is 4.79 Å². The van der Waals surface area contributed by atoms with Gasteiger partial charge in [0.25, 0.3) is 0 Å². The third-order valence-corrected chi connectivity index (χ3v) is 5.99. The van der Waals surface area contributed by atoms with Gasteiger partial charge in [0.1, 0.15) is 6.61 Å². The molecule has 2 heterocycles. The molecule has 0 atom stereocenters. The van der Waals surface area contributed by atoms with E-state index in [1.54, 1.807) is 0 Å². The first-order valence-corrected chi connectivity index (χ1v) is 8.99. The van der Waals surface area contributed by atoms with E-state index in [1.165, 1.54) is 32.1 Å². The van der Waals surface area contributed by atoms with Crippen LogP contribution in [0.2, 0.25) is 0 Å². The molecule has 2 bridgehead atoms. The minimum Gasteiger partial charge on any atom is -0.445 e. The highest BCUT2D eigenvalue weighted by Gasteiger charge is 2.48. The van der Waals surface area contributed by atoms with Crippen LogP contribution in [0, 0.1) is 0 Å². The largest absolute Gasteiger partial charge is 0.445 e. The molecule has 4 nitrogen and oxygen atoms in total. The zero-order valence-electron chi connectivity index (χ0n) is 13.7. The summed E-state index contributed by atoms with van der Waals surface area (Å²) in [6.07, 6.45) is 8.42. The fraction of sp³-hybridized carbons (Fsp3) is 0.632. The lowest BCUT2D eigenvalue weighted by Crippen LogP contribution is -2.67. The van der Waals surface area contributed by atoms with Crippen LogP contribution in [0.15, 0.2) is 30.3 Å². The lowest BCUT2D eigenvalue weighted by Gasteiger charge is -2.56. The molecule has 2 saturated heterocycles. The lowest BCUT2D eigenvalue weighted by molar-refractivity contribution is -0.0381. The van der Waals surface area contributed by atoms with Gasteiger partial charge in [0.15, 0.2) is 0 Å². The van der Waals surface area contributed by atoms with Crippen molar-refractivity contribution in [3.63, 3.8) is 0 Å². The van der Waals surface area contributed by atoms with Crippen molar-refractivity contribution in [3.8, 4) is 0 Å². The average Bonchev–Trinajstić information content (AvgIpc) is 2.53.